The van der Waals surface area contributed by atoms with Gasteiger partial charge in [-0.3, -0.25) is 19.7 Å². The molecule has 2 aromatic rings. The lowest BCUT2D eigenvalue weighted by atomic mass is 10.1. The summed E-state index contributed by atoms with van der Waals surface area (Å²) in [5.74, 6) is -0.584. The number of nitrogens with one attached hydrogen (secondary N) is 1. The molecule has 0 saturated carbocycles. The third-order valence-electron chi connectivity index (χ3n) is 5.03. The van der Waals surface area contributed by atoms with Gasteiger partial charge in [0.25, 0.3) is 11.6 Å². The monoisotopic (exact) mass is 381 g/mol. The Bertz CT molecular complexity index is 897. The number of carbonyl (C=O) groups excluding carboxylic acids is 2. The Labute approximate surface area is 163 Å². The SMILES string of the molecule is Cc1ccccc1CN1CCCCC(NC(=O)c2cccc([N+](=O)[O-])c2)C1=O. The first kappa shape index (κ1) is 19.5. The molecule has 2 amide bonds. The summed E-state index contributed by atoms with van der Waals surface area (Å²) >= 11 is 0. The molecule has 2 aromatic carbocycles. The van der Waals surface area contributed by atoms with Crippen LogP contribution in [0.15, 0.2) is 48.5 Å². The van der Waals surface area contributed by atoms with E-state index in [1.165, 1.54) is 24.3 Å². The molecule has 1 N–H and O–H groups in total. The molecule has 0 bridgehead atoms. The highest BCUT2D eigenvalue weighted by Crippen LogP contribution is 2.18. The molecule has 0 aliphatic carbocycles. The van der Waals surface area contributed by atoms with E-state index >= 15 is 0 Å². The van der Waals surface area contributed by atoms with Gasteiger partial charge in [0.2, 0.25) is 5.91 Å². The molecule has 28 heavy (non-hydrogen) atoms. The third-order valence-corrected chi connectivity index (χ3v) is 5.03. The van der Waals surface area contributed by atoms with Crippen LogP contribution in [0.3, 0.4) is 0 Å². The zero-order chi connectivity index (χ0) is 20.1. The predicted octanol–water partition coefficient (Wildman–Crippen LogP) is 3.21. The Hall–Kier alpha value is -3.22. The van der Waals surface area contributed by atoms with E-state index in [1.54, 1.807) is 4.90 Å². The Morgan fingerprint density at radius 3 is 2.75 bits per heavy atom. The predicted molar refractivity (Wildman–Crippen MR) is 105 cm³/mol. The molecule has 0 spiro atoms. The molecule has 1 fully saturated rings. The first-order valence-corrected chi connectivity index (χ1v) is 9.34. The highest BCUT2D eigenvalue weighted by Gasteiger charge is 2.29. The van der Waals surface area contributed by atoms with Gasteiger partial charge in [-0.1, -0.05) is 30.3 Å². The second-order valence-corrected chi connectivity index (χ2v) is 7.02. The van der Waals surface area contributed by atoms with Crippen LogP contribution in [-0.4, -0.2) is 34.2 Å². The number of nitro benzene ring substituents is 1. The van der Waals surface area contributed by atoms with Crippen molar-refractivity contribution in [2.75, 3.05) is 6.54 Å². The van der Waals surface area contributed by atoms with Crippen molar-refractivity contribution in [3.8, 4) is 0 Å². The van der Waals surface area contributed by atoms with Crippen molar-refractivity contribution < 1.29 is 14.5 Å². The number of nitrogens with zero attached hydrogens (tertiary/aromatic N) is 2. The summed E-state index contributed by atoms with van der Waals surface area (Å²) in [5, 5.41) is 13.7. The summed E-state index contributed by atoms with van der Waals surface area (Å²) in [6, 6.07) is 12.8. The minimum absolute atomic E-state index is 0.112. The summed E-state index contributed by atoms with van der Waals surface area (Å²) in [7, 11) is 0. The van der Waals surface area contributed by atoms with Crippen LogP contribution < -0.4 is 5.32 Å². The van der Waals surface area contributed by atoms with Crippen molar-refractivity contribution in [1.82, 2.24) is 10.2 Å². The fourth-order valence-electron chi connectivity index (χ4n) is 3.39. The molecule has 1 aliphatic heterocycles. The van der Waals surface area contributed by atoms with Gasteiger partial charge in [-0.2, -0.15) is 0 Å². The van der Waals surface area contributed by atoms with E-state index in [-0.39, 0.29) is 17.2 Å². The van der Waals surface area contributed by atoms with E-state index in [4.69, 9.17) is 0 Å². The highest BCUT2D eigenvalue weighted by atomic mass is 16.6. The van der Waals surface area contributed by atoms with Crippen LogP contribution in [0.25, 0.3) is 0 Å². The van der Waals surface area contributed by atoms with E-state index in [1.807, 2.05) is 31.2 Å². The fraction of sp³-hybridized carbons (Fsp3) is 0.333. The van der Waals surface area contributed by atoms with E-state index in [0.29, 0.717) is 19.5 Å². The number of non-ortho nitro benzene ring substituents is 1. The second-order valence-electron chi connectivity index (χ2n) is 7.02. The number of likely N-dealkylation sites (tertiary alicyclic amines) is 1. The number of aryl methyl sites for hydroxylation is 1. The highest BCUT2D eigenvalue weighted by molar-refractivity contribution is 5.98. The largest absolute Gasteiger partial charge is 0.340 e. The normalized spacial score (nSPS) is 17.1. The number of benzene rings is 2. The van der Waals surface area contributed by atoms with E-state index in [0.717, 1.165) is 24.0 Å². The molecule has 1 atom stereocenters. The summed E-state index contributed by atoms with van der Waals surface area (Å²) in [6.07, 6.45) is 2.26. The topological polar surface area (TPSA) is 92.6 Å². The summed E-state index contributed by atoms with van der Waals surface area (Å²) in [5.41, 5.74) is 2.23. The average molecular weight is 381 g/mol. The van der Waals surface area contributed by atoms with Gasteiger partial charge in [0.1, 0.15) is 6.04 Å². The van der Waals surface area contributed by atoms with Gasteiger partial charge < -0.3 is 10.2 Å². The molecule has 1 unspecified atom stereocenters. The van der Waals surface area contributed by atoms with Crippen molar-refractivity contribution in [3.05, 3.63) is 75.3 Å². The maximum Gasteiger partial charge on any atom is 0.270 e. The minimum atomic E-state index is -0.627. The zero-order valence-electron chi connectivity index (χ0n) is 15.8. The van der Waals surface area contributed by atoms with Crippen LogP contribution >= 0.6 is 0 Å². The molecule has 1 saturated heterocycles. The molecule has 1 heterocycles. The van der Waals surface area contributed by atoms with Crippen LogP contribution in [0, 0.1) is 17.0 Å². The van der Waals surface area contributed by atoms with Gasteiger partial charge in [0.15, 0.2) is 0 Å². The van der Waals surface area contributed by atoms with Gasteiger partial charge in [-0.05, 0) is 43.4 Å². The van der Waals surface area contributed by atoms with Gasteiger partial charge >= 0.3 is 0 Å². The van der Waals surface area contributed by atoms with Crippen molar-refractivity contribution in [1.29, 1.82) is 0 Å². The van der Waals surface area contributed by atoms with Gasteiger partial charge in [0.05, 0.1) is 4.92 Å². The maximum absolute atomic E-state index is 13.0. The number of amides is 2. The lowest BCUT2D eigenvalue weighted by Gasteiger charge is -2.25. The number of hydrogen-bond donors (Lipinski definition) is 1. The standard InChI is InChI=1S/C21H23N3O4/c1-15-7-2-3-8-17(15)14-23-12-5-4-11-19(21(23)26)22-20(25)16-9-6-10-18(13-16)24(27)28/h2-3,6-10,13,19H,4-5,11-12,14H2,1H3,(H,22,25). The van der Waals surface area contributed by atoms with Crippen LogP contribution in [-0.2, 0) is 11.3 Å². The lowest BCUT2D eigenvalue weighted by Crippen LogP contribution is -2.47. The van der Waals surface area contributed by atoms with Crippen LogP contribution in [0.5, 0.6) is 0 Å². The van der Waals surface area contributed by atoms with Crippen LogP contribution in [0.1, 0.15) is 40.7 Å². The molecule has 7 nitrogen and oxygen atoms in total. The quantitative estimate of drug-likeness (QED) is 0.636. The molecule has 0 radical (unpaired) electrons. The Balaban J connectivity index is 1.73. The molecule has 3 rings (SSSR count). The fourth-order valence-corrected chi connectivity index (χ4v) is 3.39. The molecular weight excluding hydrogens is 358 g/mol. The van der Waals surface area contributed by atoms with Gasteiger partial charge in [-0.25, -0.2) is 0 Å². The number of rotatable bonds is 5. The molecule has 146 valence electrons. The number of carbonyl (C=O) groups is 2. The first-order chi connectivity index (χ1) is 13.5. The van der Waals surface area contributed by atoms with Crippen molar-refractivity contribution in [2.24, 2.45) is 0 Å². The Morgan fingerprint density at radius 1 is 1.21 bits per heavy atom. The maximum atomic E-state index is 13.0. The molecule has 1 aliphatic rings. The lowest BCUT2D eigenvalue weighted by molar-refractivity contribution is -0.384. The number of hydrogen-bond acceptors (Lipinski definition) is 4. The zero-order valence-corrected chi connectivity index (χ0v) is 15.8. The summed E-state index contributed by atoms with van der Waals surface area (Å²) in [4.78, 5) is 37.7. The molecular formula is C21H23N3O4. The Kier molecular flexibility index (Phi) is 6.03. The molecule has 7 heteroatoms. The number of nitro groups is 1. The third kappa shape index (κ3) is 4.54. The smallest absolute Gasteiger partial charge is 0.270 e. The van der Waals surface area contributed by atoms with Gasteiger partial charge in [-0.15, -0.1) is 0 Å². The van der Waals surface area contributed by atoms with Crippen molar-refractivity contribution in [3.63, 3.8) is 0 Å². The summed E-state index contributed by atoms with van der Waals surface area (Å²) < 4.78 is 0. The first-order valence-electron chi connectivity index (χ1n) is 9.34. The van der Waals surface area contributed by atoms with E-state index in [9.17, 15) is 19.7 Å². The van der Waals surface area contributed by atoms with E-state index < -0.39 is 16.9 Å². The molecule has 0 aromatic heterocycles. The van der Waals surface area contributed by atoms with Crippen molar-refractivity contribution in [2.45, 2.75) is 38.8 Å². The van der Waals surface area contributed by atoms with E-state index in [2.05, 4.69) is 5.32 Å². The van der Waals surface area contributed by atoms with Crippen molar-refractivity contribution >= 4 is 17.5 Å². The Morgan fingerprint density at radius 2 is 2.00 bits per heavy atom. The second kappa shape index (κ2) is 8.65. The average Bonchev–Trinajstić information content (AvgIpc) is 2.86. The van der Waals surface area contributed by atoms with Crippen LogP contribution in [0.4, 0.5) is 5.69 Å². The minimum Gasteiger partial charge on any atom is -0.340 e. The van der Waals surface area contributed by atoms with Gasteiger partial charge in [0, 0.05) is 30.8 Å². The summed E-state index contributed by atoms with van der Waals surface area (Å²) in [6.45, 7) is 3.17. The van der Waals surface area contributed by atoms with Crippen LogP contribution in [0.2, 0.25) is 0 Å².